The number of halogens is 1. The van der Waals surface area contributed by atoms with Gasteiger partial charge in [-0.1, -0.05) is 23.7 Å². The van der Waals surface area contributed by atoms with Gasteiger partial charge in [-0.15, -0.1) is 0 Å². The average molecular weight is 327 g/mol. The third kappa shape index (κ3) is 3.05. The number of fused-ring (bicyclic) bond motifs is 1. The molecule has 1 aliphatic carbocycles. The minimum absolute atomic E-state index is 0.205. The van der Waals surface area contributed by atoms with Gasteiger partial charge in [0.15, 0.2) is 5.65 Å². The molecular formula is C17H15ClN4O. The van der Waals surface area contributed by atoms with Gasteiger partial charge in [-0.2, -0.15) is 5.10 Å². The van der Waals surface area contributed by atoms with E-state index in [4.69, 9.17) is 11.6 Å². The van der Waals surface area contributed by atoms with E-state index in [9.17, 15) is 4.79 Å². The molecule has 1 amide bonds. The monoisotopic (exact) mass is 326 g/mol. The van der Waals surface area contributed by atoms with Gasteiger partial charge in [-0.05, 0) is 42.7 Å². The second-order valence-corrected chi connectivity index (χ2v) is 6.21. The molecule has 2 aromatic heterocycles. The number of hydrogen-bond acceptors (Lipinski definition) is 3. The number of carbonyl (C=O) groups is 1. The molecule has 4 rings (SSSR count). The molecule has 1 fully saturated rings. The molecule has 0 aliphatic heterocycles. The van der Waals surface area contributed by atoms with Crippen LogP contribution in [0.1, 0.15) is 40.5 Å². The number of amides is 1. The van der Waals surface area contributed by atoms with Crippen LogP contribution in [0.15, 0.2) is 42.6 Å². The van der Waals surface area contributed by atoms with Crippen molar-refractivity contribution >= 4 is 23.2 Å². The quantitative estimate of drug-likeness (QED) is 0.801. The van der Waals surface area contributed by atoms with Gasteiger partial charge in [0.05, 0.1) is 11.9 Å². The van der Waals surface area contributed by atoms with Gasteiger partial charge < -0.3 is 5.32 Å². The molecule has 0 radical (unpaired) electrons. The molecule has 1 aromatic carbocycles. The van der Waals surface area contributed by atoms with Gasteiger partial charge in [0, 0.05) is 17.5 Å². The minimum atomic E-state index is -0.205. The highest BCUT2D eigenvalue weighted by Gasteiger charge is 2.26. The Bertz CT molecular complexity index is 868. The van der Waals surface area contributed by atoms with Crippen LogP contribution in [-0.4, -0.2) is 20.5 Å². The second-order valence-electron chi connectivity index (χ2n) is 5.77. The van der Waals surface area contributed by atoms with Gasteiger partial charge in [0.1, 0.15) is 5.69 Å². The first kappa shape index (κ1) is 14.2. The van der Waals surface area contributed by atoms with Crippen molar-refractivity contribution in [1.82, 2.24) is 19.9 Å². The Balaban J connectivity index is 1.48. The standard InChI is InChI=1S/C17H15ClN4O/c18-13-5-1-11(2-6-13)9-19-17(23)14-7-8-16-20-15(12-3-4-12)10-22(16)21-14/h1-2,5-8,10,12H,3-4,9H2,(H,19,23). The van der Waals surface area contributed by atoms with Crippen molar-refractivity contribution in [3.8, 4) is 0 Å². The maximum atomic E-state index is 12.2. The SMILES string of the molecule is O=C(NCc1ccc(Cl)cc1)c1ccc2nc(C3CC3)cn2n1. The zero-order valence-electron chi connectivity index (χ0n) is 12.4. The van der Waals surface area contributed by atoms with Crippen LogP contribution >= 0.6 is 11.6 Å². The lowest BCUT2D eigenvalue weighted by molar-refractivity contribution is 0.0944. The van der Waals surface area contributed by atoms with Crippen molar-refractivity contribution < 1.29 is 4.79 Å². The Labute approximate surface area is 138 Å². The van der Waals surface area contributed by atoms with Crippen LogP contribution in [0.3, 0.4) is 0 Å². The van der Waals surface area contributed by atoms with Gasteiger partial charge in [-0.3, -0.25) is 4.79 Å². The van der Waals surface area contributed by atoms with Crippen LogP contribution in [0.5, 0.6) is 0 Å². The lowest BCUT2D eigenvalue weighted by Crippen LogP contribution is -2.24. The first-order valence-electron chi connectivity index (χ1n) is 7.58. The topological polar surface area (TPSA) is 59.3 Å². The van der Waals surface area contributed by atoms with E-state index in [1.807, 2.05) is 24.4 Å². The average Bonchev–Trinajstić information content (AvgIpc) is 3.33. The number of hydrogen-bond donors (Lipinski definition) is 1. The molecule has 0 saturated heterocycles. The van der Waals surface area contributed by atoms with Gasteiger partial charge in [0.25, 0.3) is 5.91 Å². The number of aromatic nitrogens is 3. The third-order valence-corrected chi connectivity index (χ3v) is 4.19. The maximum Gasteiger partial charge on any atom is 0.272 e. The molecule has 1 aliphatic rings. The molecule has 23 heavy (non-hydrogen) atoms. The van der Waals surface area contributed by atoms with Crippen molar-refractivity contribution in [3.05, 3.63) is 64.6 Å². The maximum absolute atomic E-state index is 12.2. The molecule has 1 saturated carbocycles. The Hall–Kier alpha value is -2.40. The van der Waals surface area contributed by atoms with Crippen molar-refractivity contribution in [3.63, 3.8) is 0 Å². The van der Waals surface area contributed by atoms with E-state index in [1.54, 1.807) is 22.7 Å². The normalized spacial score (nSPS) is 14.1. The summed E-state index contributed by atoms with van der Waals surface area (Å²) in [7, 11) is 0. The summed E-state index contributed by atoms with van der Waals surface area (Å²) in [4.78, 5) is 16.8. The molecule has 0 unspecified atom stereocenters. The Kier molecular flexibility index (Phi) is 3.50. The van der Waals surface area contributed by atoms with Crippen LogP contribution in [-0.2, 0) is 6.54 Å². The van der Waals surface area contributed by atoms with Crippen molar-refractivity contribution in [2.24, 2.45) is 0 Å². The summed E-state index contributed by atoms with van der Waals surface area (Å²) >= 11 is 5.85. The van der Waals surface area contributed by atoms with E-state index in [-0.39, 0.29) is 5.91 Å². The van der Waals surface area contributed by atoms with Gasteiger partial charge in [0.2, 0.25) is 0 Å². The van der Waals surface area contributed by atoms with E-state index in [2.05, 4.69) is 15.4 Å². The van der Waals surface area contributed by atoms with E-state index >= 15 is 0 Å². The molecule has 3 aromatic rings. The van der Waals surface area contributed by atoms with Crippen molar-refractivity contribution in [1.29, 1.82) is 0 Å². The Morgan fingerprint density at radius 1 is 1.22 bits per heavy atom. The first-order chi connectivity index (χ1) is 11.2. The number of rotatable bonds is 4. The van der Waals surface area contributed by atoms with Crippen molar-refractivity contribution in [2.75, 3.05) is 0 Å². The summed E-state index contributed by atoms with van der Waals surface area (Å²) in [6.07, 6.45) is 4.31. The Morgan fingerprint density at radius 3 is 2.74 bits per heavy atom. The molecule has 0 bridgehead atoms. The zero-order chi connectivity index (χ0) is 15.8. The number of benzene rings is 1. The Morgan fingerprint density at radius 2 is 2.00 bits per heavy atom. The third-order valence-electron chi connectivity index (χ3n) is 3.93. The predicted molar refractivity (Wildman–Crippen MR) is 87.6 cm³/mol. The van der Waals surface area contributed by atoms with Crippen molar-refractivity contribution in [2.45, 2.75) is 25.3 Å². The summed E-state index contributed by atoms with van der Waals surface area (Å²) in [6.45, 7) is 0.437. The zero-order valence-corrected chi connectivity index (χ0v) is 13.1. The second kappa shape index (κ2) is 5.66. The summed E-state index contributed by atoms with van der Waals surface area (Å²) in [5, 5.41) is 7.90. The fraction of sp³-hybridized carbons (Fsp3) is 0.235. The summed E-state index contributed by atoms with van der Waals surface area (Å²) in [6, 6.07) is 10.9. The highest BCUT2D eigenvalue weighted by atomic mass is 35.5. The largest absolute Gasteiger partial charge is 0.347 e. The fourth-order valence-corrected chi connectivity index (χ4v) is 2.60. The summed E-state index contributed by atoms with van der Waals surface area (Å²) in [5.74, 6) is 0.363. The summed E-state index contributed by atoms with van der Waals surface area (Å²) < 4.78 is 1.69. The summed E-state index contributed by atoms with van der Waals surface area (Å²) in [5.41, 5.74) is 3.21. The van der Waals surface area contributed by atoms with Gasteiger partial charge in [-0.25, -0.2) is 9.50 Å². The number of nitrogens with zero attached hydrogens (tertiary/aromatic N) is 3. The highest BCUT2D eigenvalue weighted by Crippen LogP contribution is 2.39. The van der Waals surface area contributed by atoms with Crippen LogP contribution in [0.25, 0.3) is 5.65 Å². The minimum Gasteiger partial charge on any atom is -0.347 e. The smallest absolute Gasteiger partial charge is 0.272 e. The number of nitrogens with one attached hydrogen (secondary N) is 1. The van der Waals surface area contributed by atoms with Crippen LogP contribution in [0.2, 0.25) is 5.02 Å². The molecule has 5 nitrogen and oxygen atoms in total. The molecular weight excluding hydrogens is 312 g/mol. The highest BCUT2D eigenvalue weighted by molar-refractivity contribution is 6.30. The molecule has 0 atom stereocenters. The van der Waals surface area contributed by atoms with Crippen LogP contribution < -0.4 is 5.32 Å². The molecule has 1 N–H and O–H groups in total. The lowest BCUT2D eigenvalue weighted by Gasteiger charge is -2.05. The first-order valence-corrected chi connectivity index (χ1v) is 7.96. The number of carbonyl (C=O) groups excluding carboxylic acids is 1. The molecule has 6 heteroatoms. The van der Waals surface area contributed by atoms with E-state index in [0.717, 1.165) is 16.9 Å². The number of imidazole rings is 1. The van der Waals surface area contributed by atoms with Crippen LogP contribution in [0.4, 0.5) is 0 Å². The lowest BCUT2D eigenvalue weighted by atomic mass is 10.2. The van der Waals surface area contributed by atoms with E-state index in [1.165, 1.54) is 12.8 Å². The van der Waals surface area contributed by atoms with Crippen LogP contribution in [0, 0.1) is 0 Å². The molecule has 0 spiro atoms. The van der Waals surface area contributed by atoms with E-state index in [0.29, 0.717) is 23.2 Å². The van der Waals surface area contributed by atoms with Gasteiger partial charge >= 0.3 is 0 Å². The molecule has 116 valence electrons. The molecule has 2 heterocycles. The predicted octanol–water partition coefficient (Wildman–Crippen LogP) is 3.19. The van der Waals surface area contributed by atoms with E-state index < -0.39 is 0 Å². The fourth-order valence-electron chi connectivity index (χ4n) is 2.47.